The maximum Gasteiger partial charge on any atom is 0.234 e. The van der Waals surface area contributed by atoms with Crippen LogP contribution in [-0.4, -0.2) is 22.5 Å². The average Bonchev–Trinajstić information content (AvgIpc) is 2.67. The molecular formula is C26H34N2O2S. The molecule has 0 aromatic heterocycles. The minimum absolute atomic E-state index is 0.0950. The van der Waals surface area contributed by atoms with Crippen LogP contribution in [0.1, 0.15) is 70.2 Å². The number of nitrogens with one attached hydrogen (secondary N) is 1. The lowest BCUT2D eigenvalue weighted by Gasteiger charge is -2.28. The van der Waals surface area contributed by atoms with Gasteiger partial charge < -0.3 is 10.4 Å². The number of hydrogen-bond donors (Lipinski definition) is 2. The molecule has 5 heteroatoms. The number of aryl methyl sites for hydroxylation is 1. The lowest BCUT2D eigenvalue weighted by atomic mass is 9.78. The number of anilines is 1. The molecule has 0 saturated heterocycles. The standard InChI is InChI=1S/C26H34N2O2S/c1-25(2,3)20-14-18(15-21(24(20)30)26(4,5)6)10-9-13-31-17-23(29)28-22-12-8-7-11-19(22)16-27/h7-8,11-12,14-15,30H,9-10,13,17H2,1-6H3,(H,28,29). The van der Waals surface area contributed by atoms with Gasteiger partial charge >= 0.3 is 0 Å². The average molecular weight is 439 g/mol. The number of nitrogens with zero attached hydrogens (tertiary/aromatic N) is 1. The van der Waals surface area contributed by atoms with Gasteiger partial charge in [0.2, 0.25) is 5.91 Å². The zero-order valence-corrected chi connectivity index (χ0v) is 20.3. The highest BCUT2D eigenvalue weighted by Gasteiger charge is 2.26. The monoisotopic (exact) mass is 438 g/mol. The highest BCUT2D eigenvalue weighted by atomic mass is 32.2. The summed E-state index contributed by atoms with van der Waals surface area (Å²) in [5.41, 5.74) is 3.96. The van der Waals surface area contributed by atoms with E-state index in [1.54, 1.807) is 36.0 Å². The van der Waals surface area contributed by atoms with Crippen LogP contribution in [0, 0.1) is 11.3 Å². The van der Waals surface area contributed by atoms with Crippen molar-refractivity contribution in [1.29, 1.82) is 5.26 Å². The summed E-state index contributed by atoms with van der Waals surface area (Å²) >= 11 is 1.59. The molecule has 0 unspecified atom stereocenters. The van der Waals surface area contributed by atoms with Crippen molar-refractivity contribution in [2.45, 2.75) is 65.2 Å². The minimum Gasteiger partial charge on any atom is -0.507 e. The Hall–Kier alpha value is -2.45. The maximum absolute atomic E-state index is 12.2. The molecule has 0 aliphatic heterocycles. The molecule has 1 amide bonds. The van der Waals surface area contributed by atoms with E-state index < -0.39 is 0 Å². The SMILES string of the molecule is CC(C)(C)c1cc(CCCSCC(=O)Nc2ccccc2C#N)cc(C(C)(C)C)c1O. The Morgan fingerprint density at radius 2 is 1.65 bits per heavy atom. The van der Waals surface area contributed by atoms with Gasteiger partial charge in [-0.05, 0) is 58.2 Å². The van der Waals surface area contributed by atoms with Gasteiger partial charge in [-0.25, -0.2) is 0 Å². The van der Waals surface area contributed by atoms with Gasteiger partial charge in [0.25, 0.3) is 0 Å². The van der Waals surface area contributed by atoms with Crippen molar-refractivity contribution >= 4 is 23.4 Å². The molecule has 0 aliphatic rings. The number of carbonyl (C=O) groups is 1. The highest BCUT2D eigenvalue weighted by molar-refractivity contribution is 7.99. The van der Waals surface area contributed by atoms with Gasteiger partial charge in [0.1, 0.15) is 11.8 Å². The topological polar surface area (TPSA) is 73.1 Å². The van der Waals surface area contributed by atoms with Crippen LogP contribution in [0.4, 0.5) is 5.69 Å². The first-order valence-electron chi connectivity index (χ1n) is 10.7. The number of hydrogen-bond acceptors (Lipinski definition) is 4. The molecule has 0 atom stereocenters. The number of nitriles is 1. The van der Waals surface area contributed by atoms with Gasteiger partial charge in [0, 0.05) is 0 Å². The lowest BCUT2D eigenvalue weighted by molar-refractivity contribution is -0.113. The molecule has 166 valence electrons. The molecule has 0 aliphatic carbocycles. The number of carbonyl (C=O) groups excluding carboxylic acids is 1. The van der Waals surface area contributed by atoms with Gasteiger partial charge in [-0.15, -0.1) is 0 Å². The molecule has 0 radical (unpaired) electrons. The summed E-state index contributed by atoms with van der Waals surface area (Å²) in [4.78, 5) is 12.2. The van der Waals surface area contributed by atoms with Crippen molar-refractivity contribution < 1.29 is 9.90 Å². The molecule has 0 bridgehead atoms. The van der Waals surface area contributed by atoms with Crippen LogP contribution >= 0.6 is 11.8 Å². The zero-order valence-electron chi connectivity index (χ0n) is 19.5. The minimum atomic E-state index is -0.132. The Balaban J connectivity index is 1.94. The van der Waals surface area contributed by atoms with Gasteiger partial charge in [-0.2, -0.15) is 17.0 Å². The summed E-state index contributed by atoms with van der Waals surface area (Å²) < 4.78 is 0. The first-order valence-corrected chi connectivity index (χ1v) is 11.8. The number of thioether (sulfide) groups is 1. The smallest absolute Gasteiger partial charge is 0.234 e. The second-order valence-corrected chi connectivity index (χ2v) is 11.0. The molecule has 2 aromatic rings. The van der Waals surface area contributed by atoms with Crippen molar-refractivity contribution in [2.24, 2.45) is 0 Å². The van der Waals surface area contributed by atoms with Crippen LogP contribution in [0.5, 0.6) is 5.75 Å². The van der Waals surface area contributed by atoms with Crippen molar-refractivity contribution in [2.75, 3.05) is 16.8 Å². The molecule has 0 fully saturated rings. The van der Waals surface area contributed by atoms with E-state index in [-0.39, 0.29) is 16.7 Å². The van der Waals surface area contributed by atoms with E-state index in [0.717, 1.165) is 29.7 Å². The Morgan fingerprint density at radius 1 is 1.06 bits per heavy atom. The number of phenols is 1. The fourth-order valence-electron chi connectivity index (χ4n) is 3.40. The van der Waals surface area contributed by atoms with E-state index >= 15 is 0 Å². The summed E-state index contributed by atoms with van der Waals surface area (Å²) in [6.45, 7) is 12.7. The molecular weight excluding hydrogens is 404 g/mol. The van der Waals surface area contributed by atoms with Gasteiger partial charge in [0.05, 0.1) is 17.0 Å². The van der Waals surface area contributed by atoms with Crippen LogP contribution in [0.25, 0.3) is 0 Å². The molecule has 0 spiro atoms. The molecule has 2 N–H and O–H groups in total. The van der Waals surface area contributed by atoms with Crippen molar-refractivity contribution in [3.63, 3.8) is 0 Å². The second kappa shape index (κ2) is 10.2. The Labute approximate surface area is 191 Å². The predicted molar refractivity (Wildman–Crippen MR) is 131 cm³/mol. The summed E-state index contributed by atoms with van der Waals surface area (Å²) in [6.07, 6.45) is 1.85. The quantitative estimate of drug-likeness (QED) is 0.508. The lowest BCUT2D eigenvalue weighted by Crippen LogP contribution is -2.18. The summed E-state index contributed by atoms with van der Waals surface area (Å²) in [5, 5.41) is 22.8. The molecule has 31 heavy (non-hydrogen) atoms. The normalized spacial score (nSPS) is 11.8. The number of phenolic OH excluding ortho intramolecular Hbond substituents is 1. The van der Waals surface area contributed by atoms with Crippen molar-refractivity contribution in [1.82, 2.24) is 0 Å². The second-order valence-electron chi connectivity index (χ2n) is 9.90. The largest absolute Gasteiger partial charge is 0.507 e. The molecule has 0 heterocycles. The van der Waals surface area contributed by atoms with Gasteiger partial charge in [0.15, 0.2) is 0 Å². The van der Waals surface area contributed by atoms with Crippen LogP contribution in [0.15, 0.2) is 36.4 Å². The number of amides is 1. The molecule has 0 saturated carbocycles. The van der Waals surface area contributed by atoms with E-state index in [9.17, 15) is 9.90 Å². The fraction of sp³-hybridized carbons (Fsp3) is 0.462. The van der Waals surface area contributed by atoms with E-state index in [1.165, 1.54) is 5.56 Å². The third-order valence-corrected chi connectivity index (χ3v) is 6.14. The number of para-hydroxylation sites is 1. The van der Waals surface area contributed by atoms with E-state index in [0.29, 0.717) is 22.8 Å². The third kappa shape index (κ3) is 7.04. The molecule has 4 nitrogen and oxygen atoms in total. The predicted octanol–water partition coefficient (Wildman–Crippen LogP) is 6.16. The van der Waals surface area contributed by atoms with E-state index in [1.807, 2.05) is 0 Å². The first-order chi connectivity index (χ1) is 14.4. The Bertz CT molecular complexity index is 928. The maximum atomic E-state index is 12.2. The van der Waals surface area contributed by atoms with Crippen LogP contribution in [-0.2, 0) is 22.0 Å². The van der Waals surface area contributed by atoms with Gasteiger partial charge in [-0.3, -0.25) is 4.79 Å². The van der Waals surface area contributed by atoms with Gasteiger partial charge in [-0.1, -0.05) is 65.8 Å². The van der Waals surface area contributed by atoms with Crippen molar-refractivity contribution in [3.05, 3.63) is 58.7 Å². The highest BCUT2D eigenvalue weighted by Crippen LogP contribution is 2.40. The zero-order chi connectivity index (χ0) is 23.2. The van der Waals surface area contributed by atoms with Crippen molar-refractivity contribution in [3.8, 4) is 11.8 Å². The summed E-state index contributed by atoms with van der Waals surface area (Å²) in [5.74, 6) is 1.54. The molecule has 2 rings (SSSR count). The van der Waals surface area contributed by atoms with E-state index in [2.05, 4.69) is 65.1 Å². The number of benzene rings is 2. The summed E-state index contributed by atoms with van der Waals surface area (Å²) in [6, 6.07) is 13.4. The van der Waals surface area contributed by atoms with Crippen LogP contribution in [0.2, 0.25) is 0 Å². The Kier molecular flexibility index (Phi) is 8.20. The first kappa shape index (κ1) is 24.8. The summed E-state index contributed by atoms with van der Waals surface area (Å²) in [7, 11) is 0. The Morgan fingerprint density at radius 3 is 2.19 bits per heavy atom. The fourth-order valence-corrected chi connectivity index (χ4v) is 4.15. The molecule has 2 aromatic carbocycles. The number of rotatable bonds is 7. The van der Waals surface area contributed by atoms with Crippen LogP contribution in [0.3, 0.4) is 0 Å². The van der Waals surface area contributed by atoms with Crippen LogP contribution < -0.4 is 5.32 Å². The third-order valence-electron chi connectivity index (χ3n) is 5.09. The number of aromatic hydroxyl groups is 1. The van der Waals surface area contributed by atoms with E-state index in [4.69, 9.17) is 5.26 Å².